The van der Waals surface area contributed by atoms with Gasteiger partial charge < -0.3 is 10.6 Å². The lowest BCUT2D eigenvalue weighted by atomic mass is 9.85. The number of aliphatic imine (C=N–C) groups is 1. The number of sulfonamides is 1. The van der Waals surface area contributed by atoms with Crippen molar-refractivity contribution in [1.82, 2.24) is 14.9 Å². The molecule has 0 unspecified atom stereocenters. The van der Waals surface area contributed by atoms with Crippen LogP contribution in [0, 0.1) is 5.82 Å². The predicted octanol–water partition coefficient (Wildman–Crippen LogP) is 2.79. The molecule has 2 aliphatic rings. The van der Waals surface area contributed by atoms with Gasteiger partial charge in [-0.15, -0.1) is 0 Å². The summed E-state index contributed by atoms with van der Waals surface area (Å²) in [4.78, 5) is 4.82. The first-order chi connectivity index (χ1) is 14.4. The summed E-state index contributed by atoms with van der Waals surface area (Å²) in [6.07, 6.45) is 1.22. The molecule has 0 radical (unpaired) electrons. The van der Waals surface area contributed by atoms with E-state index in [9.17, 15) is 12.8 Å². The molecule has 0 atom stereocenters. The average Bonchev–Trinajstić information content (AvgIpc) is 2.75. The first kappa shape index (κ1) is 21.2. The van der Waals surface area contributed by atoms with Crippen molar-refractivity contribution >= 4 is 27.5 Å². The van der Waals surface area contributed by atoms with Crippen LogP contribution in [0.2, 0.25) is 5.02 Å². The molecule has 0 aliphatic carbocycles. The van der Waals surface area contributed by atoms with Gasteiger partial charge in [0.2, 0.25) is 10.0 Å². The number of halogens is 2. The molecular formula is C21H24ClFN4O2S. The number of piperidine rings is 1. The van der Waals surface area contributed by atoms with E-state index in [2.05, 4.69) is 10.6 Å². The summed E-state index contributed by atoms with van der Waals surface area (Å²) in [6, 6.07) is 12.6. The van der Waals surface area contributed by atoms with E-state index >= 15 is 0 Å². The van der Waals surface area contributed by atoms with Crippen LogP contribution in [-0.4, -0.2) is 50.3 Å². The molecule has 6 nitrogen and oxygen atoms in total. The maximum absolute atomic E-state index is 13.2. The zero-order valence-electron chi connectivity index (χ0n) is 16.4. The monoisotopic (exact) mass is 450 g/mol. The van der Waals surface area contributed by atoms with E-state index in [1.807, 2.05) is 24.3 Å². The zero-order chi connectivity index (χ0) is 21.2. The first-order valence-corrected chi connectivity index (χ1v) is 11.7. The SMILES string of the molecule is O=S(=O)(c1ccc(F)cc1)N1CCC2(CC1)NCCN=C2NCc1ccc(Cl)cc1. The van der Waals surface area contributed by atoms with Crippen LogP contribution in [-0.2, 0) is 16.6 Å². The summed E-state index contributed by atoms with van der Waals surface area (Å²) in [6.45, 7) is 2.80. The lowest BCUT2D eigenvalue weighted by Gasteiger charge is -2.44. The minimum atomic E-state index is -3.64. The molecule has 2 N–H and O–H groups in total. The summed E-state index contributed by atoms with van der Waals surface area (Å²) < 4.78 is 40.5. The normalized spacial score (nSPS) is 19.5. The smallest absolute Gasteiger partial charge is 0.243 e. The maximum Gasteiger partial charge on any atom is 0.243 e. The van der Waals surface area contributed by atoms with E-state index in [0.717, 1.165) is 17.9 Å². The fourth-order valence-electron chi connectivity index (χ4n) is 3.99. The highest BCUT2D eigenvalue weighted by atomic mass is 35.5. The van der Waals surface area contributed by atoms with E-state index < -0.39 is 15.8 Å². The Kier molecular flexibility index (Phi) is 6.11. The van der Waals surface area contributed by atoms with E-state index in [1.165, 1.54) is 28.6 Å². The molecule has 9 heteroatoms. The quantitative estimate of drug-likeness (QED) is 0.751. The Morgan fingerprint density at radius 3 is 2.43 bits per heavy atom. The summed E-state index contributed by atoms with van der Waals surface area (Å²) >= 11 is 5.95. The van der Waals surface area contributed by atoms with Crippen LogP contribution in [0.5, 0.6) is 0 Å². The van der Waals surface area contributed by atoms with Crippen LogP contribution < -0.4 is 10.6 Å². The lowest BCUT2D eigenvalue weighted by Crippen LogP contribution is -2.64. The highest BCUT2D eigenvalue weighted by Gasteiger charge is 2.43. The molecule has 30 heavy (non-hydrogen) atoms. The van der Waals surface area contributed by atoms with Crippen molar-refractivity contribution in [2.75, 3.05) is 26.2 Å². The molecule has 0 amide bonds. The third kappa shape index (κ3) is 4.37. The third-order valence-electron chi connectivity index (χ3n) is 5.70. The van der Waals surface area contributed by atoms with E-state index in [0.29, 0.717) is 44.0 Å². The molecule has 0 bridgehead atoms. The van der Waals surface area contributed by atoms with Crippen molar-refractivity contribution < 1.29 is 12.8 Å². The van der Waals surface area contributed by atoms with Gasteiger partial charge in [0.1, 0.15) is 11.7 Å². The number of hydrogen-bond acceptors (Lipinski definition) is 5. The van der Waals surface area contributed by atoms with E-state index in [1.54, 1.807) is 0 Å². The molecule has 1 saturated heterocycles. The Hall–Kier alpha value is -2.00. The van der Waals surface area contributed by atoms with Crippen molar-refractivity contribution in [3.63, 3.8) is 0 Å². The molecule has 1 fully saturated rings. The van der Waals surface area contributed by atoms with Crippen LogP contribution in [0.1, 0.15) is 18.4 Å². The second kappa shape index (κ2) is 8.63. The largest absolute Gasteiger partial charge is 0.368 e. The molecular weight excluding hydrogens is 427 g/mol. The van der Waals surface area contributed by atoms with E-state index in [4.69, 9.17) is 16.6 Å². The van der Waals surface area contributed by atoms with Gasteiger partial charge in [-0.3, -0.25) is 4.99 Å². The van der Waals surface area contributed by atoms with E-state index in [-0.39, 0.29) is 10.4 Å². The second-order valence-corrected chi connectivity index (χ2v) is 9.95. The van der Waals surface area contributed by atoms with Crippen molar-refractivity contribution in [2.24, 2.45) is 4.99 Å². The first-order valence-electron chi connectivity index (χ1n) is 9.93. The molecule has 0 aromatic heterocycles. The molecule has 2 aliphatic heterocycles. The summed E-state index contributed by atoms with van der Waals surface area (Å²) in [7, 11) is -3.64. The van der Waals surface area contributed by atoms with Crippen molar-refractivity contribution in [3.8, 4) is 0 Å². The van der Waals surface area contributed by atoms with Crippen LogP contribution >= 0.6 is 11.6 Å². The van der Waals surface area contributed by atoms with Crippen LogP contribution in [0.4, 0.5) is 4.39 Å². The summed E-state index contributed by atoms with van der Waals surface area (Å²) in [5.41, 5.74) is 0.735. The molecule has 2 heterocycles. The molecule has 4 rings (SSSR count). The zero-order valence-corrected chi connectivity index (χ0v) is 18.0. The molecule has 1 spiro atoms. The predicted molar refractivity (Wildman–Crippen MR) is 116 cm³/mol. The molecule has 2 aromatic carbocycles. The van der Waals surface area contributed by atoms with Gasteiger partial charge in [0.25, 0.3) is 0 Å². The topological polar surface area (TPSA) is 73.8 Å². The van der Waals surface area contributed by atoms with Gasteiger partial charge in [-0.1, -0.05) is 23.7 Å². The van der Waals surface area contributed by atoms with Gasteiger partial charge in [0, 0.05) is 31.2 Å². The van der Waals surface area contributed by atoms with Crippen molar-refractivity contribution in [2.45, 2.75) is 29.8 Å². The second-order valence-electron chi connectivity index (χ2n) is 7.58. The Balaban J connectivity index is 1.44. The number of benzene rings is 2. The fraction of sp³-hybridized carbons (Fsp3) is 0.381. The molecule has 2 aromatic rings. The Labute approximate surface area is 181 Å². The van der Waals surface area contributed by atoms with Crippen LogP contribution in [0.15, 0.2) is 58.4 Å². The highest BCUT2D eigenvalue weighted by Crippen LogP contribution is 2.29. The van der Waals surface area contributed by atoms with Gasteiger partial charge in [-0.25, -0.2) is 12.8 Å². The standard InChI is InChI=1S/C21H24ClFN4O2S/c22-17-3-1-16(2-4-17)15-25-20-21(26-12-11-24-20)9-13-27(14-10-21)30(28,29)19-7-5-18(23)6-8-19/h1-8,26H,9-15H2,(H,24,25). The fourth-order valence-corrected chi connectivity index (χ4v) is 5.56. The summed E-state index contributed by atoms with van der Waals surface area (Å²) in [5.74, 6) is 0.424. The van der Waals surface area contributed by atoms with Crippen LogP contribution in [0.3, 0.4) is 0 Å². The van der Waals surface area contributed by atoms with Crippen LogP contribution in [0.25, 0.3) is 0 Å². The lowest BCUT2D eigenvalue weighted by molar-refractivity contribution is 0.241. The Bertz CT molecular complexity index is 1020. The Morgan fingerprint density at radius 2 is 1.77 bits per heavy atom. The van der Waals surface area contributed by atoms with Gasteiger partial charge in [-0.2, -0.15) is 4.31 Å². The highest BCUT2D eigenvalue weighted by molar-refractivity contribution is 7.89. The number of rotatable bonds is 4. The molecule has 160 valence electrons. The van der Waals surface area contributed by atoms with Gasteiger partial charge in [0.05, 0.1) is 17.0 Å². The number of nitrogens with zero attached hydrogens (tertiary/aromatic N) is 2. The minimum Gasteiger partial charge on any atom is -0.368 e. The Morgan fingerprint density at radius 1 is 1.10 bits per heavy atom. The third-order valence-corrected chi connectivity index (χ3v) is 7.86. The van der Waals surface area contributed by atoms with Gasteiger partial charge in [-0.05, 0) is 54.8 Å². The average molecular weight is 451 g/mol. The van der Waals surface area contributed by atoms with Gasteiger partial charge in [0.15, 0.2) is 0 Å². The number of amidine groups is 1. The number of nitrogens with one attached hydrogen (secondary N) is 2. The number of hydrogen-bond donors (Lipinski definition) is 2. The minimum absolute atomic E-state index is 0.117. The summed E-state index contributed by atoms with van der Waals surface area (Å²) in [5, 5.41) is 7.70. The van der Waals surface area contributed by atoms with Crippen molar-refractivity contribution in [3.05, 3.63) is 64.9 Å². The van der Waals surface area contributed by atoms with Gasteiger partial charge >= 0.3 is 0 Å². The maximum atomic E-state index is 13.2. The molecule has 0 saturated carbocycles. The van der Waals surface area contributed by atoms with Crippen molar-refractivity contribution in [1.29, 1.82) is 0 Å².